The lowest BCUT2D eigenvalue weighted by Crippen LogP contribution is -2.68. The van der Waals surface area contributed by atoms with Crippen LogP contribution in [0.4, 0.5) is 0 Å². The highest BCUT2D eigenvalue weighted by molar-refractivity contribution is 7.00. The van der Waals surface area contributed by atoms with Crippen molar-refractivity contribution < 1.29 is 23.2 Å². The third-order valence-corrected chi connectivity index (χ3v) is 22.8. The van der Waals surface area contributed by atoms with Crippen molar-refractivity contribution in [3.05, 3.63) is 199 Å². The lowest BCUT2D eigenvalue weighted by atomic mass is 10.1. The number of hydrogen-bond acceptors (Lipinski definition) is 5. The minimum absolute atomic E-state index is 0.0589. The number of esters is 1. The van der Waals surface area contributed by atoms with Gasteiger partial charge in [0.1, 0.15) is 5.75 Å². The van der Waals surface area contributed by atoms with Gasteiger partial charge >= 0.3 is 14.3 Å². The summed E-state index contributed by atoms with van der Waals surface area (Å²) >= 11 is 0. The molecule has 0 heterocycles. The average molecular weight is 944 g/mol. The Labute approximate surface area is 409 Å². The Bertz CT molecular complexity index is 2350. The molecule has 0 unspecified atom stereocenters. The molecule has 0 saturated heterocycles. The van der Waals surface area contributed by atoms with Gasteiger partial charge in [0, 0.05) is 6.42 Å². The van der Waals surface area contributed by atoms with E-state index in [9.17, 15) is 9.59 Å². The minimum atomic E-state index is -2.86. The smallest absolute Gasteiger partial charge is 0.338 e. The van der Waals surface area contributed by atoms with Gasteiger partial charge in [-0.15, -0.1) is 0 Å². The van der Waals surface area contributed by atoms with Gasteiger partial charge in [-0.1, -0.05) is 225 Å². The molecule has 0 aliphatic heterocycles. The summed E-state index contributed by atoms with van der Waals surface area (Å²) in [6.45, 7) is 14.5. The van der Waals surface area contributed by atoms with Gasteiger partial charge in [-0.2, -0.15) is 0 Å². The van der Waals surface area contributed by atoms with E-state index >= 15 is 0 Å². The molecule has 6 nitrogen and oxygen atoms in total. The predicted octanol–water partition coefficient (Wildman–Crippen LogP) is 11.8. The molecular formula is C60H73NO5Si2. The Morgan fingerprint density at radius 3 is 1.47 bits per heavy atom. The van der Waals surface area contributed by atoms with Gasteiger partial charge in [0.05, 0.1) is 24.8 Å². The van der Waals surface area contributed by atoms with Crippen LogP contribution in [0, 0.1) is 0 Å². The summed E-state index contributed by atoms with van der Waals surface area (Å²) in [7, 11) is -5.68. The Balaban J connectivity index is 1.12. The normalized spacial score (nSPS) is 12.7. The highest BCUT2D eigenvalue weighted by Gasteiger charge is 2.52. The van der Waals surface area contributed by atoms with Crippen molar-refractivity contribution in [3.63, 3.8) is 0 Å². The van der Waals surface area contributed by atoms with E-state index < -0.39 is 16.6 Å². The summed E-state index contributed by atoms with van der Waals surface area (Å²) in [5.41, 5.74) is 1.69. The van der Waals surface area contributed by atoms with Crippen LogP contribution in [0.1, 0.15) is 109 Å². The highest BCUT2D eigenvalue weighted by Crippen LogP contribution is 2.39. The number of benzene rings is 6. The molecule has 0 spiro atoms. The van der Waals surface area contributed by atoms with Crippen molar-refractivity contribution in [1.82, 2.24) is 5.32 Å². The van der Waals surface area contributed by atoms with Crippen LogP contribution in [0.3, 0.4) is 0 Å². The van der Waals surface area contributed by atoms with E-state index in [1.54, 1.807) is 12.1 Å². The molecule has 1 N–H and O–H groups in total. The Hall–Kier alpha value is -5.81. The zero-order valence-corrected chi connectivity index (χ0v) is 43.3. The third kappa shape index (κ3) is 13.7. The number of allylic oxidation sites excluding steroid dienone is 1. The fraction of sp³-hybridized carbons (Fsp3) is 0.333. The number of ether oxygens (including phenoxy) is 1. The number of rotatable bonds is 24. The third-order valence-electron chi connectivity index (χ3n) is 12.8. The number of carbonyl (C=O) groups excluding carboxylic acids is 2. The Morgan fingerprint density at radius 1 is 0.529 bits per heavy atom. The van der Waals surface area contributed by atoms with E-state index in [2.05, 4.69) is 205 Å². The van der Waals surface area contributed by atoms with Crippen LogP contribution in [0.5, 0.6) is 5.75 Å². The molecular weight excluding hydrogens is 871 g/mol. The fourth-order valence-corrected chi connectivity index (χ4v) is 18.5. The van der Waals surface area contributed by atoms with Crippen LogP contribution in [-0.2, 0) is 20.4 Å². The van der Waals surface area contributed by atoms with Gasteiger partial charge in [-0.25, -0.2) is 4.79 Å². The first-order valence-corrected chi connectivity index (χ1v) is 28.5. The minimum Gasteiger partial charge on any atom is -0.534 e. The maximum atomic E-state index is 13.9. The summed E-state index contributed by atoms with van der Waals surface area (Å²) in [5.74, 6) is 0.615. The van der Waals surface area contributed by atoms with E-state index in [1.807, 2.05) is 18.2 Å². The molecule has 1 atom stereocenters. The van der Waals surface area contributed by atoms with E-state index in [-0.39, 0.29) is 28.0 Å². The molecule has 1 amide bonds. The summed E-state index contributed by atoms with van der Waals surface area (Å²) < 4.78 is 20.2. The van der Waals surface area contributed by atoms with E-state index in [0.717, 1.165) is 49.8 Å². The maximum absolute atomic E-state index is 13.9. The van der Waals surface area contributed by atoms with Gasteiger partial charge in [-0.3, -0.25) is 4.79 Å². The molecule has 6 rings (SSSR count). The first-order chi connectivity index (χ1) is 32.8. The van der Waals surface area contributed by atoms with Crippen molar-refractivity contribution in [1.29, 1.82) is 0 Å². The monoisotopic (exact) mass is 944 g/mol. The standard InChI is InChI=1S/C60H73NO5Si2/c1-59(2,3)67(53-33-21-15-22-34-53,54-35-23-16-24-36-54)65-48-51(61-57(62)41-29-12-10-8-7-9-11-13-30-46-64-58(63)50-31-19-14-20-32-50)47-49-42-44-52(45-43-49)66-68(60(4,5)6,55-37-25-17-26-38-55)56-39-27-18-28-40-56/h11,13-28,31-40,42-45,51H,7-10,12,29-30,41,46-48H2,1-6H3,(H,61,62)/b13-11-/t51-/m0/s1. The second kappa shape index (κ2) is 25.0. The molecule has 68 heavy (non-hydrogen) atoms. The zero-order valence-electron chi connectivity index (χ0n) is 41.3. The lowest BCUT2D eigenvalue weighted by molar-refractivity contribution is -0.122. The first-order valence-electron chi connectivity index (χ1n) is 24.6. The number of unbranched alkanes of at least 4 members (excludes halogenated alkanes) is 5. The van der Waals surface area contributed by atoms with Gasteiger partial charge < -0.3 is 18.9 Å². The number of amides is 1. The second-order valence-electron chi connectivity index (χ2n) is 19.9. The van der Waals surface area contributed by atoms with Crippen molar-refractivity contribution in [2.24, 2.45) is 0 Å². The summed E-state index contributed by atoms with van der Waals surface area (Å²) in [5, 5.41) is 7.99. The van der Waals surface area contributed by atoms with Crippen LogP contribution in [0.15, 0.2) is 188 Å². The molecule has 8 heteroatoms. The largest absolute Gasteiger partial charge is 0.534 e. The van der Waals surface area contributed by atoms with Crippen LogP contribution in [0.2, 0.25) is 10.1 Å². The molecule has 0 bridgehead atoms. The molecule has 0 fully saturated rings. The Morgan fingerprint density at radius 2 is 0.971 bits per heavy atom. The topological polar surface area (TPSA) is 73.9 Å². The molecule has 0 aliphatic rings. The van der Waals surface area contributed by atoms with E-state index in [1.165, 1.54) is 20.7 Å². The van der Waals surface area contributed by atoms with E-state index in [0.29, 0.717) is 38.0 Å². The summed E-state index contributed by atoms with van der Waals surface area (Å²) in [6.07, 6.45) is 12.2. The number of nitrogens with one attached hydrogen (secondary N) is 1. The van der Waals surface area contributed by atoms with Crippen LogP contribution >= 0.6 is 0 Å². The first kappa shape index (κ1) is 51.6. The van der Waals surface area contributed by atoms with Crippen molar-refractivity contribution >= 4 is 49.3 Å². The molecule has 0 aliphatic carbocycles. The molecule has 356 valence electrons. The summed E-state index contributed by atoms with van der Waals surface area (Å²) in [4.78, 5) is 26.0. The Kier molecular flexibility index (Phi) is 19.0. The molecule has 6 aromatic rings. The van der Waals surface area contributed by atoms with Crippen molar-refractivity contribution in [2.45, 2.75) is 115 Å². The van der Waals surface area contributed by atoms with Crippen molar-refractivity contribution in [2.75, 3.05) is 13.2 Å². The fourth-order valence-electron chi connectivity index (χ4n) is 9.43. The molecule has 6 aromatic carbocycles. The van der Waals surface area contributed by atoms with Crippen LogP contribution < -0.4 is 30.5 Å². The average Bonchev–Trinajstić information content (AvgIpc) is 3.34. The quantitative estimate of drug-likeness (QED) is 0.0283. The molecule has 0 saturated carbocycles. The van der Waals surface area contributed by atoms with Gasteiger partial charge in [0.15, 0.2) is 0 Å². The SMILES string of the molecule is CC(C)(C)[Si](OC[C@H](Cc1ccc(O[Si](c2ccccc2)(c2ccccc2)C(C)(C)C)cc1)NC(=O)CCCCCCC/C=C\CCOC(=O)c1ccccc1)(c1ccccc1)c1ccccc1. The summed E-state index contributed by atoms with van der Waals surface area (Å²) in [6, 6.07) is 60.2. The van der Waals surface area contributed by atoms with Gasteiger partial charge in [-0.05, 0) is 92.8 Å². The maximum Gasteiger partial charge on any atom is 0.338 e. The zero-order chi connectivity index (χ0) is 48.3. The predicted molar refractivity (Wildman–Crippen MR) is 287 cm³/mol. The highest BCUT2D eigenvalue weighted by atomic mass is 28.4. The van der Waals surface area contributed by atoms with Gasteiger partial charge in [0.2, 0.25) is 5.91 Å². The van der Waals surface area contributed by atoms with Gasteiger partial charge in [0.25, 0.3) is 8.32 Å². The van der Waals surface area contributed by atoms with Crippen molar-refractivity contribution in [3.8, 4) is 5.75 Å². The van der Waals surface area contributed by atoms with Crippen LogP contribution in [-0.4, -0.2) is 47.8 Å². The number of carbonyl (C=O) groups is 2. The van der Waals surface area contributed by atoms with E-state index in [4.69, 9.17) is 13.6 Å². The second-order valence-corrected chi connectivity index (χ2v) is 28.4. The lowest BCUT2D eigenvalue weighted by Gasteiger charge is -2.43. The molecule has 0 aromatic heterocycles. The molecule has 0 radical (unpaired) electrons. The van der Waals surface area contributed by atoms with Crippen LogP contribution in [0.25, 0.3) is 0 Å². The number of hydrogen-bond donors (Lipinski definition) is 1.